The molecule has 3 nitrogen and oxygen atoms in total. The SMILES string of the molecule is CCc1ccc(C(=O)C(C)N2CCC(C)(O)C2)cc1. The van der Waals surface area contributed by atoms with Crippen molar-refractivity contribution in [2.24, 2.45) is 0 Å². The summed E-state index contributed by atoms with van der Waals surface area (Å²) in [6.07, 6.45) is 1.72. The van der Waals surface area contributed by atoms with E-state index in [1.165, 1.54) is 5.56 Å². The van der Waals surface area contributed by atoms with Gasteiger partial charge in [-0.2, -0.15) is 0 Å². The Labute approximate surface area is 115 Å². The summed E-state index contributed by atoms with van der Waals surface area (Å²) < 4.78 is 0. The molecule has 1 N–H and O–H groups in total. The van der Waals surface area contributed by atoms with Crippen LogP contribution in [0, 0.1) is 0 Å². The lowest BCUT2D eigenvalue weighted by atomic mass is 10.0. The van der Waals surface area contributed by atoms with Gasteiger partial charge in [0.1, 0.15) is 0 Å². The number of rotatable bonds is 4. The smallest absolute Gasteiger partial charge is 0.179 e. The van der Waals surface area contributed by atoms with E-state index in [-0.39, 0.29) is 11.8 Å². The Morgan fingerprint density at radius 2 is 2.05 bits per heavy atom. The average Bonchev–Trinajstić information content (AvgIpc) is 2.77. The summed E-state index contributed by atoms with van der Waals surface area (Å²) in [6, 6.07) is 7.68. The lowest BCUT2D eigenvalue weighted by Gasteiger charge is -2.24. The van der Waals surface area contributed by atoms with Gasteiger partial charge in [-0.15, -0.1) is 0 Å². The normalized spacial score (nSPS) is 25.5. The van der Waals surface area contributed by atoms with Crippen LogP contribution in [-0.4, -0.2) is 40.5 Å². The molecule has 0 spiro atoms. The fraction of sp³-hybridized carbons (Fsp3) is 0.562. The summed E-state index contributed by atoms with van der Waals surface area (Å²) in [5.41, 5.74) is 1.35. The molecule has 1 heterocycles. The van der Waals surface area contributed by atoms with Crippen molar-refractivity contribution in [1.82, 2.24) is 4.90 Å². The fourth-order valence-corrected chi connectivity index (χ4v) is 2.62. The van der Waals surface area contributed by atoms with Crippen molar-refractivity contribution in [2.45, 2.75) is 45.3 Å². The molecule has 0 amide bonds. The number of likely N-dealkylation sites (tertiary alicyclic amines) is 1. The topological polar surface area (TPSA) is 40.5 Å². The molecule has 3 heteroatoms. The second-order valence-electron chi connectivity index (χ2n) is 5.81. The molecule has 0 aromatic heterocycles. The highest BCUT2D eigenvalue weighted by atomic mass is 16.3. The maximum atomic E-state index is 12.4. The van der Waals surface area contributed by atoms with Crippen LogP contribution in [0.2, 0.25) is 0 Å². The van der Waals surface area contributed by atoms with E-state index in [9.17, 15) is 9.90 Å². The molecule has 0 bridgehead atoms. The molecule has 104 valence electrons. The monoisotopic (exact) mass is 261 g/mol. The molecule has 0 saturated carbocycles. The van der Waals surface area contributed by atoms with Crippen molar-refractivity contribution in [2.75, 3.05) is 13.1 Å². The number of aryl methyl sites for hydroxylation is 1. The molecule has 2 atom stereocenters. The number of carbonyl (C=O) groups is 1. The lowest BCUT2D eigenvalue weighted by Crippen LogP contribution is -2.40. The van der Waals surface area contributed by atoms with Crippen LogP contribution in [0.1, 0.15) is 43.1 Å². The number of benzene rings is 1. The van der Waals surface area contributed by atoms with E-state index < -0.39 is 5.60 Å². The number of nitrogens with zero attached hydrogens (tertiary/aromatic N) is 1. The largest absolute Gasteiger partial charge is 0.389 e. The predicted molar refractivity (Wildman–Crippen MR) is 76.4 cm³/mol. The van der Waals surface area contributed by atoms with Gasteiger partial charge in [-0.25, -0.2) is 0 Å². The Morgan fingerprint density at radius 3 is 2.53 bits per heavy atom. The highest BCUT2D eigenvalue weighted by Crippen LogP contribution is 2.23. The molecule has 0 radical (unpaired) electrons. The summed E-state index contributed by atoms with van der Waals surface area (Å²) in [4.78, 5) is 14.5. The van der Waals surface area contributed by atoms with E-state index >= 15 is 0 Å². The van der Waals surface area contributed by atoms with Crippen LogP contribution >= 0.6 is 0 Å². The van der Waals surface area contributed by atoms with Gasteiger partial charge in [0.05, 0.1) is 11.6 Å². The van der Waals surface area contributed by atoms with Gasteiger partial charge in [0.25, 0.3) is 0 Å². The third-order valence-corrected chi connectivity index (χ3v) is 4.06. The van der Waals surface area contributed by atoms with Crippen LogP contribution in [-0.2, 0) is 6.42 Å². The lowest BCUT2D eigenvalue weighted by molar-refractivity contribution is 0.0597. The summed E-state index contributed by atoms with van der Waals surface area (Å²) in [5, 5.41) is 9.98. The molecule has 1 saturated heterocycles. The highest BCUT2D eigenvalue weighted by molar-refractivity contribution is 5.99. The van der Waals surface area contributed by atoms with Crippen LogP contribution in [0.3, 0.4) is 0 Å². The van der Waals surface area contributed by atoms with E-state index in [2.05, 4.69) is 11.8 Å². The zero-order valence-electron chi connectivity index (χ0n) is 12.0. The van der Waals surface area contributed by atoms with Crippen molar-refractivity contribution in [3.63, 3.8) is 0 Å². The third kappa shape index (κ3) is 3.23. The highest BCUT2D eigenvalue weighted by Gasteiger charge is 2.35. The van der Waals surface area contributed by atoms with Crippen molar-refractivity contribution in [3.05, 3.63) is 35.4 Å². The molecule has 19 heavy (non-hydrogen) atoms. The third-order valence-electron chi connectivity index (χ3n) is 4.06. The van der Waals surface area contributed by atoms with Gasteiger partial charge < -0.3 is 5.11 Å². The van der Waals surface area contributed by atoms with Crippen molar-refractivity contribution < 1.29 is 9.90 Å². The molecule has 1 aliphatic rings. The number of ketones is 1. The minimum Gasteiger partial charge on any atom is -0.389 e. The molecular formula is C16H23NO2. The fourth-order valence-electron chi connectivity index (χ4n) is 2.62. The van der Waals surface area contributed by atoms with Gasteiger partial charge in [0.15, 0.2) is 5.78 Å². The minimum absolute atomic E-state index is 0.139. The molecule has 1 aliphatic heterocycles. The quantitative estimate of drug-likeness (QED) is 0.845. The predicted octanol–water partition coefficient (Wildman–Crippen LogP) is 2.28. The van der Waals surface area contributed by atoms with E-state index in [0.717, 1.165) is 24.9 Å². The summed E-state index contributed by atoms with van der Waals surface area (Å²) >= 11 is 0. The first-order valence-corrected chi connectivity index (χ1v) is 7.02. The molecule has 2 unspecified atom stereocenters. The van der Waals surface area contributed by atoms with Crippen molar-refractivity contribution in [1.29, 1.82) is 0 Å². The van der Waals surface area contributed by atoms with Crippen LogP contribution in [0.5, 0.6) is 0 Å². The average molecular weight is 261 g/mol. The first-order chi connectivity index (χ1) is 8.93. The summed E-state index contributed by atoms with van der Waals surface area (Å²) in [7, 11) is 0. The van der Waals surface area contributed by atoms with Gasteiger partial charge in [-0.1, -0.05) is 31.2 Å². The Balaban J connectivity index is 2.06. The zero-order chi connectivity index (χ0) is 14.0. The van der Waals surface area contributed by atoms with E-state index in [0.29, 0.717) is 6.54 Å². The molecule has 1 aromatic rings. The number of β-amino-alcohol motifs (C(OH)–C–C–N with tert-alkyl or cyclic N) is 1. The number of Topliss-reactive ketones (excluding diaryl/α,β-unsaturated/α-hetero) is 1. The van der Waals surface area contributed by atoms with Crippen LogP contribution in [0.4, 0.5) is 0 Å². The van der Waals surface area contributed by atoms with E-state index in [1.807, 2.05) is 38.1 Å². The molecular weight excluding hydrogens is 238 g/mol. The standard InChI is InChI=1S/C16H23NO2/c1-4-13-5-7-14(8-6-13)15(18)12(2)17-10-9-16(3,19)11-17/h5-8,12,19H,4,9-11H2,1-3H3. The Hall–Kier alpha value is -1.19. The number of aliphatic hydroxyl groups is 1. The summed E-state index contributed by atoms with van der Waals surface area (Å²) in [5.74, 6) is 0.139. The second-order valence-corrected chi connectivity index (χ2v) is 5.81. The molecule has 1 fully saturated rings. The van der Waals surface area contributed by atoms with Crippen LogP contribution < -0.4 is 0 Å². The minimum atomic E-state index is -0.652. The van der Waals surface area contributed by atoms with E-state index in [4.69, 9.17) is 0 Å². The van der Waals surface area contributed by atoms with Crippen LogP contribution in [0.15, 0.2) is 24.3 Å². The Kier molecular flexibility index (Phi) is 4.07. The maximum absolute atomic E-state index is 12.4. The van der Waals surface area contributed by atoms with Crippen molar-refractivity contribution >= 4 is 5.78 Å². The number of carbonyl (C=O) groups excluding carboxylic acids is 1. The summed E-state index contributed by atoms with van der Waals surface area (Å²) in [6.45, 7) is 7.23. The van der Waals surface area contributed by atoms with Crippen molar-refractivity contribution in [3.8, 4) is 0 Å². The number of hydrogen-bond acceptors (Lipinski definition) is 3. The van der Waals surface area contributed by atoms with E-state index in [1.54, 1.807) is 0 Å². The Morgan fingerprint density at radius 1 is 1.42 bits per heavy atom. The van der Waals surface area contributed by atoms with Gasteiger partial charge in [0, 0.05) is 18.7 Å². The first kappa shape index (κ1) is 14.2. The molecule has 2 rings (SSSR count). The zero-order valence-corrected chi connectivity index (χ0v) is 12.0. The number of hydrogen-bond donors (Lipinski definition) is 1. The Bertz CT molecular complexity index is 450. The van der Waals surface area contributed by atoms with Gasteiger partial charge in [-0.05, 0) is 32.3 Å². The van der Waals surface area contributed by atoms with Gasteiger partial charge in [-0.3, -0.25) is 9.69 Å². The molecule has 0 aliphatic carbocycles. The van der Waals surface area contributed by atoms with Gasteiger partial charge in [0.2, 0.25) is 0 Å². The van der Waals surface area contributed by atoms with Gasteiger partial charge >= 0.3 is 0 Å². The first-order valence-electron chi connectivity index (χ1n) is 7.02. The molecule has 1 aromatic carbocycles. The second kappa shape index (κ2) is 5.43. The van der Waals surface area contributed by atoms with Crippen LogP contribution in [0.25, 0.3) is 0 Å². The maximum Gasteiger partial charge on any atom is 0.179 e.